The lowest BCUT2D eigenvalue weighted by Crippen LogP contribution is -2.29. The summed E-state index contributed by atoms with van der Waals surface area (Å²) in [5.74, 6) is 0. The quantitative estimate of drug-likeness (QED) is 0.761. The van der Waals surface area contributed by atoms with Gasteiger partial charge in [0.05, 0.1) is 0 Å². The molecule has 1 aromatic rings. The fraction of sp³-hybridized carbons (Fsp3) is 0.600. The van der Waals surface area contributed by atoms with Gasteiger partial charge < -0.3 is 10.4 Å². The fourth-order valence-electron chi connectivity index (χ4n) is 1.32. The van der Waals surface area contributed by atoms with E-state index in [9.17, 15) is 0 Å². The molecular formula is C10H17NOS. The number of hydrogen-bond donors (Lipinski definition) is 2. The molecule has 0 aliphatic rings. The van der Waals surface area contributed by atoms with Crippen molar-refractivity contribution in [3.05, 3.63) is 22.4 Å². The molecule has 0 amide bonds. The number of nitrogens with one attached hydrogen (secondary N) is 1. The van der Waals surface area contributed by atoms with Crippen LogP contribution >= 0.6 is 11.3 Å². The molecule has 1 aromatic heterocycles. The molecule has 0 aliphatic carbocycles. The molecule has 1 unspecified atom stereocenters. The highest BCUT2D eigenvalue weighted by Crippen LogP contribution is 2.18. The van der Waals surface area contributed by atoms with Gasteiger partial charge in [0.2, 0.25) is 0 Å². The predicted molar refractivity (Wildman–Crippen MR) is 57.0 cm³/mol. The summed E-state index contributed by atoms with van der Waals surface area (Å²) >= 11 is 1.77. The van der Waals surface area contributed by atoms with Crippen molar-refractivity contribution >= 4 is 11.3 Å². The van der Waals surface area contributed by atoms with Crippen molar-refractivity contribution < 1.29 is 5.11 Å². The normalized spacial score (nSPS) is 15.6. The average Bonchev–Trinajstić information content (AvgIpc) is 2.55. The molecule has 0 aromatic carbocycles. The Morgan fingerprint density at radius 2 is 2.31 bits per heavy atom. The summed E-state index contributed by atoms with van der Waals surface area (Å²) in [5.41, 5.74) is 0. The third kappa shape index (κ3) is 3.46. The largest absolute Gasteiger partial charge is 0.396 e. The molecule has 13 heavy (non-hydrogen) atoms. The first-order valence-corrected chi connectivity index (χ1v) is 5.52. The molecule has 2 N–H and O–H groups in total. The molecule has 3 heteroatoms. The summed E-state index contributed by atoms with van der Waals surface area (Å²) < 4.78 is 0. The first-order chi connectivity index (χ1) is 6.24. The van der Waals surface area contributed by atoms with Gasteiger partial charge in [-0.1, -0.05) is 6.07 Å². The zero-order valence-corrected chi connectivity index (χ0v) is 8.97. The zero-order valence-electron chi connectivity index (χ0n) is 8.16. The van der Waals surface area contributed by atoms with Crippen LogP contribution in [0.1, 0.15) is 31.2 Å². The highest BCUT2D eigenvalue weighted by Gasteiger charge is 2.08. The maximum Gasteiger partial charge on any atom is 0.0445 e. The van der Waals surface area contributed by atoms with Gasteiger partial charge in [-0.05, 0) is 31.7 Å². The van der Waals surface area contributed by atoms with Gasteiger partial charge in [-0.3, -0.25) is 0 Å². The minimum Gasteiger partial charge on any atom is -0.396 e. The summed E-state index contributed by atoms with van der Waals surface area (Å²) in [5, 5.41) is 14.3. The Kier molecular flexibility index (Phi) is 4.42. The molecule has 0 saturated carbocycles. The van der Waals surface area contributed by atoms with Gasteiger partial charge >= 0.3 is 0 Å². The molecule has 0 bridgehead atoms. The summed E-state index contributed by atoms with van der Waals surface area (Å²) in [4.78, 5) is 1.35. The van der Waals surface area contributed by atoms with Crippen molar-refractivity contribution in [1.29, 1.82) is 0 Å². The van der Waals surface area contributed by atoms with Crippen LogP contribution in [0.25, 0.3) is 0 Å². The van der Waals surface area contributed by atoms with Gasteiger partial charge in [-0.2, -0.15) is 0 Å². The second kappa shape index (κ2) is 5.37. The van der Waals surface area contributed by atoms with Crippen LogP contribution in [0.3, 0.4) is 0 Å². The van der Waals surface area contributed by atoms with Crippen LogP contribution in [0.4, 0.5) is 0 Å². The molecule has 0 aliphatic heterocycles. The fourth-order valence-corrected chi connectivity index (χ4v) is 2.07. The number of aliphatic hydroxyl groups excluding tert-OH is 1. The number of rotatable bonds is 5. The van der Waals surface area contributed by atoms with Crippen molar-refractivity contribution in [1.82, 2.24) is 5.32 Å². The smallest absolute Gasteiger partial charge is 0.0445 e. The van der Waals surface area contributed by atoms with E-state index >= 15 is 0 Å². The van der Waals surface area contributed by atoms with Gasteiger partial charge in [0, 0.05) is 23.6 Å². The monoisotopic (exact) mass is 199 g/mol. The van der Waals surface area contributed by atoms with Crippen molar-refractivity contribution in [2.45, 2.75) is 32.4 Å². The highest BCUT2D eigenvalue weighted by atomic mass is 32.1. The van der Waals surface area contributed by atoms with E-state index in [1.165, 1.54) is 4.88 Å². The molecule has 74 valence electrons. The maximum absolute atomic E-state index is 8.74. The minimum atomic E-state index is 0.255. The molecule has 0 spiro atoms. The Morgan fingerprint density at radius 3 is 2.85 bits per heavy atom. The highest BCUT2D eigenvalue weighted by molar-refractivity contribution is 7.10. The van der Waals surface area contributed by atoms with Crippen LogP contribution in [-0.4, -0.2) is 17.8 Å². The lowest BCUT2D eigenvalue weighted by Gasteiger charge is -2.17. The van der Waals surface area contributed by atoms with Crippen LogP contribution in [0, 0.1) is 0 Å². The standard InChI is InChI=1S/C10H17NOS/c1-8(5-6-12)11-9(2)10-4-3-7-13-10/h3-4,7-9,11-12H,5-6H2,1-2H3/t8-,9?/m1/s1. The topological polar surface area (TPSA) is 32.3 Å². The van der Waals surface area contributed by atoms with Gasteiger partial charge in [0.15, 0.2) is 0 Å². The van der Waals surface area contributed by atoms with Crippen LogP contribution in [-0.2, 0) is 0 Å². The Morgan fingerprint density at radius 1 is 1.54 bits per heavy atom. The summed E-state index contributed by atoms with van der Waals surface area (Å²) in [6.45, 7) is 4.51. The van der Waals surface area contributed by atoms with Crippen molar-refractivity contribution in [2.24, 2.45) is 0 Å². The van der Waals surface area contributed by atoms with Crippen LogP contribution < -0.4 is 5.32 Å². The molecule has 2 atom stereocenters. The van der Waals surface area contributed by atoms with E-state index < -0.39 is 0 Å². The van der Waals surface area contributed by atoms with E-state index in [0.29, 0.717) is 12.1 Å². The second-order valence-corrected chi connectivity index (χ2v) is 4.30. The molecule has 0 radical (unpaired) electrons. The molecular weight excluding hydrogens is 182 g/mol. The van der Waals surface area contributed by atoms with E-state index in [1.807, 2.05) is 0 Å². The molecule has 2 nitrogen and oxygen atoms in total. The van der Waals surface area contributed by atoms with Crippen molar-refractivity contribution in [3.8, 4) is 0 Å². The van der Waals surface area contributed by atoms with Gasteiger partial charge in [0.1, 0.15) is 0 Å². The Balaban J connectivity index is 2.37. The van der Waals surface area contributed by atoms with Crippen LogP contribution in [0.5, 0.6) is 0 Å². The second-order valence-electron chi connectivity index (χ2n) is 3.32. The Bertz CT molecular complexity index is 223. The average molecular weight is 199 g/mol. The summed E-state index contributed by atoms with van der Waals surface area (Å²) in [6, 6.07) is 4.96. The SMILES string of the molecule is CC(N[C@H](C)CCO)c1cccs1. The van der Waals surface area contributed by atoms with E-state index in [1.54, 1.807) is 11.3 Å². The van der Waals surface area contributed by atoms with Crippen molar-refractivity contribution in [2.75, 3.05) is 6.61 Å². The zero-order chi connectivity index (χ0) is 9.68. The van der Waals surface area contributed by atoms with Crippen LogP contribution in [0.2, 0.25) is 0 Å². The summed E-state index contributed by atoms with van der Waals surface area (Å²) in [7, 11) is 0. The van der Waals surface area contributed by atoms with E-state index in [-0.39, 0.29) is 6.61 Å². The third-order valence-electron chi connectivity index (χ3n) is 2.07. The molecule has 0 saturated heterocycles. The van der Waals surface area contributed by atoms with Gasteiger partial charge in [-0.25, -0.2) is 0 Å². The maximum atomic E-state index is 8.74. The number of hydrogen-bond acceptors (Lipinski definition) is 3. The van der Waals surface area contributed by atoms with Gasteiger partial charge in [-0.15, -0.1) is 11.3 Å². The van der Waals surface area contributed by atoms with E-state index in [2.05, 4.69) is 36.7 Å². The van der Waals surface area contributed by atoms with E-state index in [0.717, 1.165) is 6.42 Å². The molecule has 0 fully saturated rings. The Hall–Kier alpha value is -0.380. The van der Waals surface area contributed by atoms with Crippen molar-refractivity contribution in [3.63, 3.8) is 0 Å². The van der Waals surface area contributed by atoms with Crippen LogP contribution in [0.15, 0.2) is 17.5 Å². The lowest BCUT2D eigenvalue weighted by molar-refractivity contribution is 0.265. The first-order valence-electron chi connectivity index (χ1n) is 4.64. The van der Waals surface area contributed by atoms with E-state index in [4.69, 9.17) is 5.11 Å². The number of thiophene rings is 1. The molecule has 1 heterocycles. The number of aliphatic hydroxyl groups is 1. The Labute approximate surface area is 83.6 Å². The first kappa shape index (κ1) is 10.7. The van der Waals surface area contributed by atoms with Gasteiger partial charge in [0.25, 0.3) is 0 Å². The lowest BCUT2D eigenvalue weighted by atomic mass is 10.2. The molecule has 1 rings (SSSR count). The third-order valence-corrected chi connectivity index (χ3v) is 3.12. The minimum absolute atomic E-state index is 0.255. The summed E-state index contributed by atoms with van der Waals surface area (Å²) in [6.07, 6.45) is 0.815. The predicted octanol–water partition coefficient (Wildman–Crippen LogP) is 2.17.